The standard InChI is InChI=1S/C28H24ClNO2/c1-28(2)16-23-24(18-8-4-3-5-9-18)25(19-12-14-20(29)15-13-19)26(30(23)17-28)21-10-6-7-11-22(21)27(31)32/h3-15H,16-17H2,1-2H3,(H,31,32)/p-1. The van der Waals surface area contributed by atoms with Gasteiger partial charge in [-0.3, -0.25) is 0 Å². The Morgan fingerprint density at radius 2 is 1.50 bits per heavy atom. The fourth-order valence-electron chi connectivity index (χ4n) is 4.92. The number of halogens is 1. The predicted molar refractivity (Wildman–Crippen MR) is 128 cm³/mol. The van der Waals surface area contributed by atoms with Crippen LogP contribution in [0.5, 0.6) is 0 Å². The molecule has 0 saturated carbocycles. The number of aromatic carboxylic acids is 1. The molecule has 160 valence electrons. The molecule has 2 heterocycles. The minimum atomic E-state index is -1.17. The summed E-state index contributed by atoms with van der Waals surface area (Å²) in [6.07, 6.45) is 0.908. The second-order valence-electron chi connectivity index (χ2n) is 9.18. The van der Waals surface area contributed by atoms with Crippen LogP contribution in [-0.4, -0.2) is 10.5 Å². The molecule has 0 unspecified atom stereocenters. The molecule has 5 rings (SSSR count). The van der Waals surface area contributed by atoms with Gasteiger partial charge in [0.1, 0.15) is 0 Å². The van der Waals surface area contributed by atoms with E-state index in [0.29, 0.717) is 10.6 Å². The third-order valence-corrected chi connectivity index (χ3v) is 6.45. The molecule has 0 N–H and O–H groups in total. The normalized spacial score (nSPS) is 14.3. The number of carbonyl (C=O) groups excluding carboxylic acids is 1. The quantitative estimate of drug-likeness (QED) is 0.385. The van der Waals surface area contributed by atoms with Gasteiger partial charge in [0, 0.05) is 39.5 Å². The number of carbonyl (C=O) groups is 1. The summed E-state index contributed by atoms with van der Waals surface area (Å²) in [6.45, 7) is 5.32. The highest BCUT2D eigenvalue weighted by Crippen LogP contribution is 2.50. The number of nitrogens with zero attached hydrogens (tertiary/aromatic N) is 1. The van der Waals surface area contributed by atoms with Crippen molar-refractivity contribution in [3.8, 4) is 33.5 Å². The summed E-state index contributed by atoms with van der Waals surface area (Å²) in [7, 11) is 0. The van der Waals surface area contributed by atoms with Gasteiger partial charge >= 0.3 is 0 Å². The zero-order chi connectivity index (χ0) is 22.5. The summed E-state index contributed by atoms with van der Waals surface area (Å²) in [5.74, 6) is -1.17. The van der Waals surface area contributed by atoms with Crippen LogP contribution in [0.25, 0.3) is 33.5 Å². The van der Waals surface area contributed by atoms with E-state index in [-0.39, 0.29) is 11.0 Å². The molecule has 1 aliphatic heterocycles. The average molecular weight is 441 g/mol. The smallest absolute Gasteiger partial charge is 0.0722 e. The van der Waals surface area contributed by atoms with Crippen molar-refractivity contribution in [3.05, 3.63) is 95.1 Å². The number of carboxylic acid groups (broad SMARTS) is 1. The van der Waals surface area contributed by atoms with Gasteiger partial charge in [-0.2, -0.15) is 0 Å². The second kappa shape index (κ2) is 7.68. The summed E-state index contributed by atoms with van der Waals surface area (Å²) >= 11 is 6.20. The van der Waals surface area contributed by atoms with Crippen molar-refractivity contribution in [1.29, 1.82) is 0 Å². The minimum absolute atomic E-state index is 0.0720. The Morgan fingerprint density at radius 1 is 0.875 bits per heavy atom. The van der Waals surface area contributed by atoms with E-state index < -0.39 is 5.97 Å². The lowest BCUT2D eigenvalue weighted by molar-refractivity contribution is -0.254. The van der Waals surface area contributed by atoms with E-state index in [1.807, 2.05) is 54.6 Å². The maximum absolute atomic E-state index is 12.1. The van der Waals surface area contributed by atoms with Gasteiger partial charge in [0.25, 0.3) is 0 Å². The third-order valence-electron chi connectivity index (χ3n) is 6.20. The molecule has 4 heteroatoms. The first-order chi connectivity index (χ1) is 15.4. The number of rotatable bonds is 4. The molecule has 0 amide bonds. The van der Waals surface area contributed by atoms with Crippen LogP contribution in [0.4, 0.5) is 0 Å². The molecular formula is C28H23ClNO2-. The topological polar surface area (TPSA) is 45.1 Å². The molecular weight excluding hydrogens is 418 g/mol. The van der Waals surface area contributed by atoms with Crippen LogP contribution < -0.4 is 5.11 Å². The van der Waals surface area contributed by atoms with Crippen LogP contribution in [0.3, 0.4) is 0 Å². The molecule has 0 atom stereocenters. The molecule has 0 spiro atoms. The summed E-state index contributed by atoms with van der Waals surface area (Å²) in [5.41, 5.74) is 7.43. The highest BCUT2D eigenvalue weighted by Gasteiger charge is 2.36. The first kappa shape index (κ1) is 20.6. The van der Waals surface area contributed by atoms with Crippen molar-refractivity contribution in [2.24, 2.45) is 5.41 Å². The second-order valence-corrected chi connectivity index (χ2v) is 9.61. The van der Waals surface area contributed by atoms with Gasteiger partial charge in [-0.25, -0.2) is 0 Å². The minimum Gasteiger partial charge on any atom is -0.545 e. The SMILES string of the molecule is CC1(C)Cc2c(-c3ccccc3)c(-c3ccc(Cl)cc3)c(-c3ccccc3C(=O)[O-])n2C1. The van der Waals surface area contributed by atoms with E-state index >= 15 is 0 Å². The molecule has 0 bridgehead atoms. The van der Waals surface area contributed by atoms with Gasteiger partial charge in [-0.1, -0.05) is 92.2 Å². The van der Waals surface area contributed by atoms with Crippen molar-refractivity contribution >= 4 is 17.6 Å². The summed E-state index contributed by atoms with van der Waals surface area (Å²) in [5, 5.41) is 12.7. The maximum Gasteiger partial charge on any atom is 0.0722 e. The van der Waals surface area contributed by atoms with E-state index in [9.17, 15) is 9.90 Å². The zero-order valence-corrected chi connectivity index (χ0v) is 18.8. The van der Waals surface area contributed by atoms with E-state index in [4.69, 9.17) is 11.6 Å². The Labute approximate surface area is 192 Å². The van der Waals surface area contributed by atoms with Crippen molar-refractivity contribution in [1.82, 2.24) is 4.57 Å². The average Bonchev–Trinajstić information content (AvgIpc) is 3.24. The van der Waals surface area contributed by atoms with Gasteiger partial charge in [0.15, 0.2) is 0 Å². The van der Waals surface area contributed by atoms with Crippen LogP contribution in [-0.2, 0) is 13.0 Å². The van der Waals surface area contributed by atoms with E-state index in [1.165, 1.54) is 5.69 Å². The molecule has 0 aliphatic carbocycles. The van der Waals surface area contributed by atoms with Crippen molar-refractivity contribution in [2.75, 3.05) is 0 Å². The number of hydrogen-bond donors (Lipinski definition) is 0. The van der Waals surface area contributed by atoms with Gasteiger partial charge in [0.05, 0.1) is 11.7 Å². The Kier molecular flexibility index (Phi) is 4.94. The molecule has 0 saturated heterocycles. The molecule has 32 heavy (non-hydrogen) atoms. The highest BCUT2D eigenvalue weighted by molar-refractivity contribution is 6.30. The molecule has 0 fully saturated rings. The van der Waals surface area contributed by atoms with E-state index in [0.717, 1.165) is 40.9 Å². The van der Waals surface area contributed by atoms with Crippen molar-refractivity contribution in [3.63, 3.8) is 0 Å². The van der Waals surface area contributed by atoms with Crippen LogP contribution in [0.2, 0.25) is 5.02 Å². The number of aromatic nitrogens is 1. The fourth-order valence-corrected chi connectivity index (χ4v) is 5.05. The molecule has 3 nitrogen and oxygen atoms in total. The first-order valence-corrected chi connectivity index (χ1v) is 11.1. The summed E-state index contributed by atoms with van der Waals surface area (Å²) in [4.78, 5) is 12.1. The Bertz CT molecular complexity index is 1320. The largest absolute Gasteiger partial charge is 0.545 e. The molecule has 0 radical (unpaired) electrons. The van der Waals surface area contributed by atoms with Crippen molar-refractivity contribution in [2.45, 2.75) is 26.8 Å². The molecule has 1 aliphatic rings. The number of carboxylic acids is 1. The lowest BCUT2D eigenvalue weighted by atomic mass is 9.85. The Balaban J connectivity index is 1.92. The maximum atomic E-state index is 12.1. The third kappa shape index (κ3) is 3.43. The lowest BCUT2D eigenvalue weighted by Crippen LogP contribution is -2.23. The Morgan fingerprint density at radius 3 is 2.19 bits per heavy atom. The van der Waals surface area contributed by atoms with Crippen LogP contribution >= 0.6 is 11.6 Å². The van der Waals surface area contributed by atoms with Crippen LogP contribution in [0.15, 0.2) is 78.9 Å². The number of hydrogen-bond acceptors (Lipinski definition) is 2. The number of fused-ring (bicyclic) bond motifs is 1. The van der Waals surface area contributed by atoms with Gasteiger partial charge in [0.2, 0.25) is 0 Å². The molecule has 1 aromatic heterocycles. The van der Waals surface area contributed by atoms with Gasteiger partial charge in [-0.15, -0.1) is 0 Å². The van der Waals surface area contributed by atoms with Crippen LogP contribution in [0, 0.1) is 5.41 Å². The molecule has 4 aromatic rings. The summed E-state index contributed by atoms with van der Waals surface area (Å²) in [6, 6.07) is 25.3. The summed E-state index contributed by atoms with van der Waals surface area (Å²) < 4.78 is 2.31. The molecule has 3 aromatic carbocycles. The highest BCUT2D eigenvalue weighted by atomic mass is 35.5. The van der Waals surface area contributed by atoms with Gasteiger partial charge < -0.3 is 14.5 Å². The van der Waals surface area contributed by atoms with Gasteiger partial charge in [-0.05, 0) is 35.1 Å². The van der Waals surface area contributed by atoms with Crippen molar-refractivity contribution < 1.29 is 9.90 Å². The van der Waals surface area contributed by atoms with E-state index in [2.05, 4.69) is 30.5 Å². The fraction of sp³-hybridized carbons (Fsp3) is 0.179. The number of benzene rings is 3. The lowest BCUT2D eigenvalue weighted by Gasteiger charge is -2.20. The van der Waals surface area contributed by atoms with E-state index in [1.54, 1.807) is 12.1 Å². The zero-order valence-electron chi connectivity index (χ0n) is 18.1. The first-order valence-electron chi connectivity index (χ1n) is 10.7. The monoisotopic (exact) mass is 440 g/mol. The predicted octanol–water partition coefficient (Wildman–Crippen LogP) is 6.09. The van der Waals surface area contributed by atoms with Crippen LogP contribution in [0.1, 0.15) is 29.9 Å². The Hall–Kier alpha value is -3.30.